The summed E-state index contributed by atoms with van der Waals surface area (Å²) in [6.45, 7) is 12.5. The van der Waals surface area contributed by atoms with Crippen molar-refractivity contribution in [2.24, 2.45) is 0 Å². The van der Waals surface area contributed by atoms with Crippen LogP contribution in [0.15, 0.2) is 18.3 Å². The number of fused-ring (bicyclic) bond motifs is 1. The van der Waals surface area contributed by atoms with E-state index in [9.17, 15) is 0 Å². The Hall–Kier alpha value is -1.82. The molecule has 0 saturated carbocycles. The molecule has 0 aliphatic carbocycles. The topological polar surface area (TPSA) is 22.2 Å². The molecule has 2 aromatic rings. The first-order valence-electron chi connectivity index (χ1n) is 6.66. The second kappa shape index (κ2) is 5.68. The van der Waals surface area contributed by atoms with Gasteiger partial charge in [-0.15, -0.1) is 0 Å². The largest absolute Gasteiger partial charge is 0.265 e. The van der Waals surface area contributed by atoms with Crippen molar-refractivity contribution in [3.8, 4) is 0 Å². The fourth-order valence-corrected chi connectivity index (χ4v) is 2.23. The van der Waals surface area contributed by atoms with Gasteiger partial charge < -0.3 is 0 Å². The van der Waals surface area contributed by atoms with Gasteiger partial charge in [0.25, 0.3) is 0 Å². The van der Waals surface area contributed by atoms with Crippen molar-refractivity contribution < 1.29 is 0 Å². The number of rotatable bonds is 5. The number of hydrogen-bond acceptors (Lipinski definition) is 1. The lowest BCUT2D eigenvalue weighted by Gasteiger charge is -2.05. The predicted molar refractivity (Wildman–Crippen MR) is 74.9 cm³/mol. The summed E-state index contributed by atoms with van der Waals surface area (Å²) in [4.78, 5) is 3.59. The lowest BCUT2D eigenvalue weighted by atomic mass is 10.1. The van der Waals surface area contributed by atoms with Gasteiger partial charge in [0.1, 0.15) is 0 Å². The molecule has 3 heteroatoms. The number of benzene rings is 1. The average molecular weight is 241 g/mol. The van der Waals surface area contributed by atoms with Gasteiger partial charge in [0.15, 0.2) is 5.69 Å². The molecule has 0 aliphatic rings. The van der Waals surface area contributed by atoms with Crippen molar-refractivity contribution in [2.75, 3.05) is 0 Å². The van der Waals surface area contributed by atoms with Crippen LogP contribution in [-0.4, -0.2) is 9.78 Å². The maximum Gasteiger partial charge on any atom is 0.191 e. The highest BCUT2D eigenvalue weighted by molar-refractivity contribution is 5.84. The molecule has 0 spiro atoms. The van der Waals surface area contributed by atoms with Crippen molar-refractivity contribution in [2.45, 2.75) is 46.1 Å². The maximum atomic E-state index is 7.20. The first-order chi connectivity index (χ1) is 8.80. The van der Waals surface area contributed by atoms with Gasteiger partial charge in [0, 0.05) is 11.9 Å². The van der Waals surface area contributed by atoms with E-state index in [2.05, 4.69) is 34.5 Å². The van der Waals surface area contributed by atoms with E-state index < -0.39 is 0 Å². The lowest BCUT2D eigenvalue weighted by molar-refractivity contribution is 0.567. The third-order valence-electron chi connectivity index (χ3n) is 3.32. The van der Waals surface area contributed by atoms with E-state index in [1.54, 1.807) is 0 Å². The van der Waals surface area contributed by atoms with Crippen LogP contribution in [0.5, 0.6) is 0 Å². The summed E-state index contributed by atoms with van der Waals surface area (Å²) in [5.74, 6) is 0. The first kappa shape index (κ1) is 12.6. The second-order valence-corrected chi connectivity index (χ2v) is 4.58. The van der Waals surface area contributed by atoms with Crippen LogP contribution in [-0.2, 0) is 13.0 Å². The Balaban J connectivity index is 2.37. The monoisotopic (exact) mass is 241 g/mol. The van der Waals surface area contributed by atoms with Crippen LogP contribution < -0.4 is 0 Å². The van der Waals surface area contributed by atoms with Crippen LogP contribution in [0.1, 0.15) is 38.7 Å². The van der Waals surface area contributed by atoms with E-state index in [0.29, 0.717) is 0 Å². The Labute approximate surface area is 108 Å². The summed E-state index contributed by atoms with van der Waals surface area (Å²) < 4.78 is 2.07. The predicted octanol–water partition coefficient (Wildman–Crippen LogP) is 4.34. The molecule has 0 aliphatic heterocycles. The molecule has 0 amide bonds. The van der Waals surface area contributed by atoms with Gasteiger partial charge in [-0.05, 0) is 30.5 Å². The summed E-state index contributed by atoms with van der Waals surface area (Å²) in [5, 5.41) is 5.51. The van der Waals surface area contributed by atoms with Crippen molar-refractivity contribution in [1.82, 2.24) is 9.78 Å². The van der Waals surface area contributed by atoms with Crippen molar-refractivity contribution in [3.05, 3.63) is 35.3 Å². The minimum absolute atomic E-state index is 0.762. The van der Waals surface area contributed by atoms with Crippen LogP contribution in [0.25, 0.3) is 15.7 Å². The quantitative estimate of drug-likeness (QED) is 0.564. The molecule has 3 nitrogen and oxygen atoms in total. The number of aryl methyl sites for hydroxylation is 2. The van der Waals surface area contributed by atoms with Gasteiger partial charge in [-0.2, -0.15) is 5.10 Å². The van der Waals surface area contributed by atoms with Crippen LogP contribution in [0, 0.1) is 6.57 Å². The van der Waals surface area contributed by atoms with E-state index in [1.807, 2.05) is 12.3 Å². The molecule has 0 bridgehead atoms. The van der Waals surface area contributed by atoms with Crippen molar-refractivity contribution in [1.29, 1.82) is 0 Å². The molecule has 0 fully saturated rings. The van der Waals surface area contributed by atoms with Crippen LogP contribution in [0.3, 0.4) is 0 Å². The molecule has 2 rings (SSSR count). The summed E-state index contributed by atoms with van der Waals surface area (Å²) in [5.41, 5.74) is 3.04. The molecular weight excluding hydrogens is 222 g/mol. The van der Waals surface area contributed by atoms with Crippen LogP contribution >= 0.6 is 0 Å². The highest BCUT2D eigenvalue weighted by atomic mass is 15.3. The third-order valence-corrected chi connectivity index (χ3v) is 3.32. The standard InChI is InChI=1S/C15H19N3/c1-4-6-7-8-18-15-10-12(5-2)14(16-3)9-13(15)11-17-18/h9-11H,4-8H2,1-2H3. The zero-order chi connectivity index (χ0) is 13.0. The van der Waals surface area contributed by atoms with Gasteiger partial charge in [-0.1, -0.05) is 26.7 Å². The molecule has 0 saturated heterocycles. The van der Waals surface area contributed by atoms with Gasteiger partial charge in [-0.25, -0.2) is 4.85 Å². The molecule has 1 aromatic heterocycles. The molecule has 0 radical (unpaired) electrons. The van der Waals surface area contributed by atoms with Gasteiger partial charge in [0.05, 0.1) is 18.3 Å². The zero-order valence-electron chi connectivity index (χ0n) is 11.1. The van der Waals surface area contributed by atoms with Gasteiger partial charge in [0.2, 0.25) is 0 Å². The summed E-state index contributed by atoms with van der Waals surface area (Å²) in [6, 6.07) is 4.09. The van der Waals surface area contributed by atoms with Crippen LogP contribution in [0.4, 0.5) is 5.69 Å². The number of nitrogens with zero attached hydrogens (tertiary/aromatic N) is 3. The zero-order valence-corrected chi connectivity index (χ0v) is 11.1. The van der Waals surface area contributed by atoms with Gasteiger partial charge in [-0.3, -0.25) is 4.68 Å². The fraction of sp³-hybridized carbons (Fsp3) is 0.467. The molecule has 1 heterocycles. The molecule has 0 atom stereocenters. The van der Waals surface area contributed by atoms with E-state index in [-0.39, 0.29) is 0 Å². The maximum absolute atomic E-state index is 7.20. The highest BCUT2D eigenvalue weighted by Gasteiger charge is 2.07. The average Bonchev–Trinajstić information content (AvgIpc) is 2.80. The number of unbranched alkanes of at least 4 members (excludes halogenated alkanes) is 2. The number of aromatic nitrogens is 2. The van der Waals surface area contributed by atoms with Crippen molar-refractivity contribution >= 4 is 16.6 Å². The van der Waals surface area contributed by atoms with E-state index >= 15 is 0 Å². The first-order valence-corrected chi connectivity index (χ1v) is 6.66. The molecular formula is C15H19N3. The lowest BCUT2D eigenvalue weighted by Crippen LogP contribution is -1.99. The molecule has 0 unspecified atom stereocenters. The normalized spacial score (nSPS) is 10.7. The molecule has 0 N–H and O–H groups in total. The Kier molecular flexibility index (Phi) is 3.99. The van der Waals surface area contributed by atoms with Gasteiger partial charge >= 0.3 is 0 Å². The Morgan fingerprint density at radius 2 is 2.11 bits per heavy atom. The smallest absolute Gasteiger partial charge is 0.191 e. The fourth-order valence-electron chi connectivity index (χ4n) is 2.23. The Morgan fingerprint density at radius 3 is 2.78 bits per heavy atom. The summed E-state index contributed by atoms with van der Waals surface area (Å²) in [7, 11) is 0. The SMILES string of the molecule is [C-]#[N+]c1cc2cnn(CCCCC)c2cc1CC. The number of hydrogen-bond donors (Lipinski definition) is 0. The molecule has 18 heavy (non-hydrogen) atoms. The van der Waals surface area contributed by atoms with E-state index in [0.717, 1.165) is 35.1 Å². The Bertz CT molecular complexity index is 575. The minimum atomic E-state index is 0.762. The Morgan fingerprint density at radius 1 is 1.28 bits per heavy atom. The van der Waals surface area contributed by atoms with Crippen LogP contribution in [0.2, 0.25) is 0 Å². The summed E-state index contributed by atoms with van der Waals surface area (Å²) in [6.07, 6.45) is 6.39. The van der Waals surface area contributed by atoms with E-state index in [4.69, 9.17) is 6.57 Å². The highest BCUT2D eigenvalue weighted by Crippen LogP contribution is 2.27. The summed E-state index contributed by atoms with van der Waals surface area (Å²) >= 11 is 0. The second-order valence-electron chi connectivity index (χ2n) is 4.58. The minimum Gasteiger partial charge on any atom is -0.265 e. The third kappa shape index (κ3) is 2.38. The van der Waals surface area contributed by atoms with E-state index in [1.165, 1.54) is 19.3 Å². The molecule has 1 aromatic carbocycles. The molecule has 94 valence electrons. The van der Waals surface area contributed by atoms with Crippen molar-refractivity contribution in [3.63, 3.8) is 0 Å².